The SMILES string of the molecule is C=C(C)C1CCC2(C(=O)OC3OC(COC4OC(CO)C(OC5OC(O)C(O)C(O)C5O)C(O)C4O)C(O)C(O)C3O)CCC3(C)C(CCC4C5(C)CCC(O)C(C)(CO)C5CCC43C)C12. The molecule has 0 aromatic rings. The van der Waals surface area contributed by atoms with Gasteiger partial charge in [0.1, 0.15) is 67.1 Å². The van der Waals surface area contributed by atoms with Crippen molar-refractivity contribution in [2.75, 3.05) is 19.8 Å². The summed E-state index contributed by atoms with van der Waals surface area (Å²) >= 11 is 0. The fraction of sp³-hybridized carbons (Fsp3) is 0.936. The summed E-state index contributed by atoms with van der Waals surface area (Å²) in [5, 5.41) is 127. The van der Waals surface area contributed by atoms with Gasteiger partial charge in [-0.3, -0.25) is 4.79 Å². The number of carbonyl (C=O) groups is 1. The number of hydrogen-bond acceptors (Lipinski definition) is 19. The molecule has 0 aromatic carbocycles. The minimum absolute atomic E-state index is 0.0267. The number of esters is 1. The molecule has 0 aromatic heterocycles. The Labute approximate surface area is 385 Å². The van der Waals surface area contributed by atoms with Gasteiger partial charge in [-0.05, 0) is 117 Å². The Balaban J connectivity index is 0.965. The van der Waals surface area contributed by atoms with Crippen LogP contribution < -0.4 is 0 Å². The molecule has 0 spiro atoms. The van der Waals surface area contributed by atoms with Crippen LogP contribution in [-0.4, -0.2) is 185 Å². The molecule has 19 nitrogen and oxygen atoms in total. The van der Waals surface area contributed by atoms with Crippen molar-refractivity contribution in [2.45, 2.75) is 197 Å². The van der Waals surface area contributed by atoms with Gasteiger partial charge < -0.3 is 89.7 Å². The molecule has 66 heavy (non-hydrogen) atoms. The molecular weight excluding hydrogens is 868 g/mol. The van der Waals surface area contributed by atoms with Crippen molar-refractivity contribution in [3.63, 3.8) is 0 Å². The van der Waals surface area contributed by atoms with Crippen LogP contribution in [0.5, 0.6) is 0 Å². The predicted molar refractivity (Wildman–Crippen MR) is 227 cm³/mol. The summed E-state index contributed by atoms with van der Waals surface area (Å²) in [6.45, 7) is 14.2. The summed E-state index contributed by atoms with van der Waals surface area (Å²) in [6.07, 6.45) is -19.6. The Morgan fingerprint density at radius 3 is 1.95 bits per heavy atom. The largest absolute Gasteiger partial charge is 0.432 e. The van der Waals surface area contributed by atoms with Gasteiger partial charge in [0, 0.05) is 5.41 Å². The molecule has 26 atom stereocenters. The maximum Gasteiger partial charge on any atom is 0.314 e. The quantitative estimate of drug-likeness (QED) is 0.0916. The molecule has 8 fully saturated rings. The molecule has 8 aliphatic rings. The highest BCUT2D eigenvalue weighted by Crippen LogP contribution is 2.77. The standard InChI is InChI=1S/C47H76O19/c1-20(2)21-9-14-47(16-15-45(5)22(28(21)47)7-8-26-43(3)12-11-27(50)44(4,19-49)25(43)10-13-46(26,45)6)42(60)66-40-34(56)30(52)29(51)24(63-40)18-61-39-36(58)32(54)37(23(17-48)62-39)64-41-35(57)31(53)33(55)38(59)65-41/h21-41,48-59H,1,7-19H2,2-6H3. The summed E-state index contributed by atoms with van der Waals surface area (Å²) in [5.41, 5.74) is -0.874. The van der Waals surface area contributed by atoms with Crippen molar-refractivity contribution < 1.29 is 94.5 Å². The van der Waals surface area contributed by atoms with Crippen molar-refractivity contribution >= 4 is 5.97 Å². The Kier molecular flexibility index (Phi) is 14.1. The third-order valence-electron chi connectivity index (χ3n) is 19.6. The summed E-state index contributed by atoms with van der Waals surface area (Å²) in [5.74, 6) is -0.0172. The van der Waals surface area contributed by atoms with E-state index in [0.717, 1.165) is 50.5 Å². The van der Waals surface area contributed by atoms with Crippen molar-refractivity contribution in [1.82, 2.24) is 0 Å². The van der Waals surface area contributed by atoms with Gasteiger partial charge in [-0.25, -0.2) is 0 Å². The first-order valence-electron chi connectivity index (χ1n) is 24.1. The summed E-state index contributed by atoms with van der Waals surface area (Å²) in [4.78, 5) is 14.9. The van der Waals surface area contributed by atoms with Gasteiger partial charge in [-0.1, -0.05) is 39.8 Å². The van der Waals surface area contributed by atoms with Crippen LogP contribution in [-0.2, 0) is 33.2 Å². The van der Waals surface area contributed by atoms with Gasteiger partial charge in [-0.15, -0.1) is 0 Å². The number of rotatable bonds is 10. The smallest absolute Gasteiger partial charge is 0.314 e. The van der Waals surface area contributed by atoms with E-state index in [1.165, 1.54) is 0 Å². The average Bonchev–Trinajstić information content (AvgIpc) is 3.69. The van der Waals surface area contributed by atoms with Gasteiger partial charge in [0.2, 0.25) is 6.29 Å². The van der Waals surface area contributed by atoms with Crippen LogP contribution >= 0.6 is 0 Å². The van der Waals surface area contributed by atoms with Crippen LogP contribution in [0.2, 0.25) is 0 Å². The van der Waals surface area contributed by atoms with E-state index in [0.29, 0.717) is 25.2 Å². The van der Waals surface area contributed by atoms with E-state index in [2.05, 4.69) is 27.4 Å². The van der Waals surface area contributed by atoms with E-state index < -0.39 is 128 Å². The third-order valence-corrected chi connectivity index (χ3v) is 19.6. The van der Waals surface area contributed by atoms with Gasteiger partial charge >= 0.3 is 5.97 Å². The summed E-state index contributed by atoms with van der Waals surface area (Å²) in [7, 11) is 0. The number of allylic oxidation sites excluding steroid dienone is 1. The van der Waals surface area contributed by atoms with E-state index in [1.807, 2.05) is 13.8 Å². The number of aliphatic hydroxyl groups excluding tert-OH is 12. The molecule has 19 heteroatoms. The number of hydrogen-bond donors (Lipinski definition) is 12. The van der Waals surface area contributed by atoms with Crippen LogP contribution in [0.25, 0.3) is 0 Å². The molecule has 26 unspecified atom stereocenters. The fourth-order valence-electron chi connectivity index (χ4n) is 15.5. The Morgan fingerprint density at radius 1 is 0.636 bits per heavy atom. The van der Waals surface area contributed by atoms with Gasteiger partial charge in [-0.2, -0.15) is 0 Å². The van der Waals surface area contributed by atoms with Crippen LogP contribution in [0, 0.1) is 56.7 Å². The van der Waals surface area contributed by atoms with E-state index in [-0.39, 0.29) is 46.5 Å². The number of aliphatic hydroxyl groups is 12. The predicted octanol–water partition coefficient (Wildman–Crippen LogP) is -1.07. The lowest BCUT2D eigenvalue weighted by Crippen LogP contribution is -2.68. The van der Waals surface area contributed by atoms with E-state index >= 15 is 0 Å². The second kappa shape index (κ2) is 18.3. The highest BCUT2D eigenvalue weighted by atomic mass is 16.8. The van der Waals surface area contributed by atoms with Gasteiger partial charge in [0.15, 0.2) is 18.9 Å². The number of fused-ring (bicyclic) bond motifs is 7. The number of ether oxygens (including phenoxy) is 6. The fourth-order valence-corrected chi connectivity index (χ4v) is 15.5. The van der Waals surface area contributed by atoms with Crippen LogP contribution in [0.1, 0.15) is 98.8 Å². The lowest BCUT2D eigenvalue weighted by atomic mass is 9.32. The Bertz CT molecular complexity index is 1770. The molecular formula is C47H76O19. The van der Waals surface area contributed by atoms with Crippen LogP contribution in [0.4, 0.5) is 0 Å². The van der Waals surface area contributed by atoms with E-state index in [1.54, 1.807) is 0 Å². The topological polar surface area (TPSA) is 315 Å². The van der Waals surface area contributed by atoms with Crippen molar-refractivity contribution in [3.8, 4) is 0 Å². The molecule has 0 bridgehead atoms. The first kappa shape index (κ1) is 50.9. The third kappa shape index (κ3) is 7.68. The first-order chi connectivity index (χ1) is 30.9. The monoisotopic (exact) mass is 944 g/mol. The van der Waals surface area contributed by atoms with E-state index in [4.69, 9.17) is 28.4 Å². The lowest BCUT2D eigenvalue weighted by Gasteiger charge is -2.72. The zero-order valence-corrected chi connectivity index (χ0v) is 38.7. The number of carbonyl (C=O) groups excluding carboxylic acids is 1. The van der Waals surface area contributed by atoms with Crippen molar-refractivity contribution in [1.29, 1.82) is 0 Å². The molecule has 3 heterocycles. The Hall–Kier alpha value is -1.47. The summed E-state index contributed by atoms with van der Waals surface area (Å²) in [6, 6.07) is 0. The molecule has 5 aliphatic carbocycles. The highest BCUT2D eigenvalue weighted by molar-refractivity contribution is 5.78. The molecule has 0 amide bonds. The lowest BCUT2D eigenvalue weighted by molar-refractivity contribution is -0.380. The Morgan fingerprint density at radius 2 is 1.29 bits per heavy atom. The normalized spacial score (nSPS) is 56.0. The molecule has 5 saturated carbocycles. The second-order valence-corrected chi connectivity index (χ2v) is 22.5. The second-order valence-electron chi connectivity index (χ2n) is 22.5. The van der Waals surface area contributed by atoms with Crippen molar-refractivity contribution in [2.24, 2.45) is 56.7 Å². The molecule has 3 aliphatic heterocycles. The molecule has 0 radical (unpaired) electrons. The molecule has 378 valence electrons. The first-order valence-corrected chi connectivity index (χ1v) is 24.1. The molecule has 3 saturated heterocycles. The molecule has 12 N–H and O–H groups in total. The van der Waals surface area contributed by atoms with Crippen LogP contribution in [0.15, 0.2) is 12.2 Å². The van der Waals surface area contributed by atoms with Crippen LogP contribution in [0.3, 0.4) is 0 Å². The zero-order chi connectivity index (χ0) is 48.2. The zero-order valence-electron chi connectivity index (χ0n) is 38.7. The van der Waals surface area contributed by atoms with Gasteiger partial charge in [0.05, 0.1) is 31.3 Å². The average molecular weight is 945 g/mol. The minimum atomic E-state index is -1.98. The van der Waals surface area contributed by atoms with Crippen molar-refractivity contribution in [3.05, 3.63) is 12.2 Å². The maximum atomic E-state index is 14.9. The molecule has 8 rings (SSSR count). The summed E-state index contributed by atoms with van der Waals surface area (Å²) < 4.78 is 34.0. The minimum Gasteiger partial charge on any atom is -0.432 e. The van der Waals surface area contributed by atoms with E-state index in [9.17, 15) is 66.1 Å². The van der Waals surface area contributed by atoms with Gasteiger partial charge in [0.25, 0.3) is 0 Å². The maximum absolute atomic E-state index is 14.9. The highest BCUT2D eigenvalue weighted by Gasteiger charge is 2.73.